The van der Waals surface area contributed by atoms with Gasteiger partial charge in [-0.3, -0.25) is 15.0 Å². The Labute approximate surface area is 183 Å². The molecule has 0 fully saturated rings. The number of nitrogens with zero attached hydrogens (tertiary/aromatic N) is 1. The van der Waals surface area contributed by atoms with E-state index in [-0.39, 0.29) is 46.7 Å². The number of hydrogen-bond acceptors (Lipinski definition) is 5. The number of carboxylic acids is 1. The summed E-state index contributed by atoms with van der Waals surface area (Å²) in [5, 5.41) is 19.8. The maximum absolute atomic E-state index is 13.5. The van der Waals surface area contributed by atoms with Gasteiger partial charge in [0.1, 0.15) is 11.8 Å². The smallest absolute Gasteiger partial charge is 0.429 e. The molecule has 14 heteroatoms. The Morgan fingerprint density at radius 2 is 2.00 bits per heavy atom. The highest BCUT2D eigenvalue weighted by Gasteiger charge is 2.49. The second-order valence-electron chi connectivity index (χ2n) is 6.33. The van der Waals surface area contributed by atoms with Crippen molar-refractivity contribution in [2.45, 2.75) is 31.2 Å². The first-order valence-corrected chi connectivity index (χ1v) is 9.37. The maximum Gasteiger partial charge on any atom is 0.429 e. The maximum atomic E-state index is 13.5. The van der Waals surface area contributed by atoms with Crippen LogP contribution in [0.25, 0.3) is 6.08 Å². The first-order chi connectivity index (χ1) is 14.4. The summed E-state index contributed by atoms with van der Waals surface area (Å²) in [4.78, 5) is 27.6. The van der Waals surface area contributed by atoms with Crippen molar-refractivity contribution < 1.29 is 37.8 Å². The number of carboxylic acid groups (broad SMARTS) is 1. The highest BCUT2D eigenvalue weighted by Crippen LogP contribution is 2.42. The number of hydroxylamine groups is 1. The SMILES string of the molecule is NC(=NCCCC(NC(=O)C1=Cc2cc(Cl)cc(Cl)c2O[C@@H]1C(F)(F)F)C(=O)O)NO. The third-order valence-electron chi connectivity index (χ3n) is 4.08. The van der Waals surface area contributed by atoms with Crippen molar-refractivity contribution in [3.63, 3.8) is 0 Å². The van der Waals surface area contributed by atoms with Gasteiger partial charge in [0.05, 0.1) is 10.6 Å². The van der Waals surface area contributed by atoms with Crippen LogP contribution < -0.4 is 21.3 Å². The molecular formula is C17H17Cl2F3N4O5. The third kappa shape index (κ3) is 6.39. The minimum absolute atomic E-state index is 0.000398. The van der Waals surface area contributed by atoms with E-state index in [0.29, 0.717) is 0 Å². The summed E-state index contributed by atoms with van der Waals surface area (Å²) >= 11 is 11.8. The molecule has 0 aromatic heterocycles. The average Bonchev–Trinajstić information content (AvgIpc) is 2.67. The van der Waals surface area contributed by atoms with Gasteiger partial charge in [0.15, 0.2) is 0 Å². The van der Waals surface area contributed by atoms with Crippen LogP contribution in [0.2, 0.25) is 10.0 Å². The lowest BCUT2D eigenvalue weighted by atomic mass is 9.99. The number of amides is 1. The van der Waals surface area contributed by atoms with Crippen LogP contribution in [0.1, 0.15) is 18.4 Å². The van der Waals surface area contributed by atoms with E-state index in [0.717, 1.165) is 6.08 Å². The summed E-state index contributed by atoms with van der Waals surface area (Å²) in [6.07, 6.45) is -6.80. The van der Waals surface area contributed by atoms with Gasteiger partial charge in [-0.05, 0) is 31.1 Å². The Bertz CT molecular complexity index is 924. The number of ether oxygens (including phenoxy) is 1. The second kappa shape index (κ2) is 10.1. The quantitative estimate of drug-likeness (QED) is 0.173. The predicted octanol–water partition coefficient (Wildman–Crippen LogP) is 2.34. The molecule has 0 bridgehead atoms. The third-order valence-corrected chi connectivity index (χ3v) is 4.58. The molecule has 31 heavy (non-hydrogen) atoms. The van der Waals surface area contributed by atoms with Crippen molar-refractivity contribution in [2.75, 3.05) is 6.54 Å². The number of nitrogens with one attached hydrogen (secondary N) is 2. The number of halogens is 5. The molecule has 9 nitrogen and oxygen atoms in total. The molecular weight excluding hydrogens is 468 g/mol. The molecule has 1 aliphatic rings. The topological polar surface area (TPSA) is 146 Å². The van der Waals surface area contributed by atoms with Gasteiger partial charge in [0.25, 0.3) is 5.91 Å². The van der Waals surface area contributed by atoms with E-state index in [2.05, 4.69) is 10.3 Å². The molecule has 1 aromatic rings. The van der Waals surface area contributed by atoms with E-state index in [4.69, 9.17) is 38.9 Å². The summed E-state index contributed by atoms with van der Waals surface area (Å²) < 4.78 is 45.5. The van der Waals surface area contributed by atoms with Crippen LogP contribution in [0, 0.1) is 0 Å². The fraction of sp³-hybridized carbons (Fsp3) is 0.353. The molecule has 1 aliphatic heterocycles. The number of guanidine groups is 1. The van der Waals surface area contributed by atoms with Crippen molar-refractivity contribution >= 4 is 47.1 Å². The van der Waals surface area contributed by atoms with Gasteiger partial charge >= 0.3 is 12.1 Å². The lowest BCUT2D eigenvalue weighted by Gasteiger charge is -2.29. The van der Waals surface area contributed by atoms with Crippen molar-refractivity contribution in [1.82, 2.24) is 10.8 Å². The molecule has 0 spiro atoms. The van der Waals surface area contributed by atoms with Gasteiger partial charge in [0, 0.05) is 17.1 Å². The standard InChI is InChI=1S/C17H17Cl2F3N4O5/c18-8-4-7-5-9(13(17(20,21)22)31-12(7)10(19)6-8)14(27)25-11(15(28)29)2-1-3-24-16(23)26-30/h4-6,11,13,30H,1-3H2,(H,25,27)(H,28,29)(H3,23,24,26)/t11?,13-/m0/s1. The molecule has 0 aliphatic carbocycles. The molecule has 1 amide bonds. The first-order valence-electron chi connectivity index (χ1n) is 8.61. The Balaban J connectivity index is 2.26. The lowest BCUT2D eigenvalue weighted by Crippen LogP contribution is -2.47. The van der Waals surface area contributed by atoms with Crippen LogP contribution in [-0.4, -0.2) is 53.0 Å². The number of nitrogens with two attached hydrogens (primary N) is 1. The number of alkyl halides is 3. The Kier molecular flexibility index (Phi) is 7.98. The summed E-state index contributed by atoms with van der Waals surface area (Å²) in [5.41, 5.74) is 5.97. The molecule has 1 unspecified atom stereocenters. The van der Waals surface area contributed by atoms with E-state index in [1.807, 2.05) is 0 Å². The van der Waals surface area contributed by atoms with Gasteiger partial charge in [-0.25, -0.2) is 10.3 Å². The fourth-order valence-corrected chi connectivity index (χ4v) is 3.25. The highest BCUT2D eigenvalue weighted by atomic mass is 35.5. The first kappa shape index (κ1) is 24.6. The summed E-state index contributed by atoms with van der Waals surface area (Å²) in [6, 6.07) is 0.940. The average molecular weight is 485 g/mol. The Hall–Kier alpha value is -2.70. The number of fused-ring (bicyclic) bond motifs is 1. The number of hydrogen-bond donors (Lipinski definition) is 5. The van der Waals surface area contributed by atoms with Crippen LogP contribution in [-0.2, 0) is 9.59 Å². The van der Waals surface area contributed by atoms with Crippen molar-refractivity contribution in [2.24, 2.45) is 10.7 Å². The molecule has 6 N–H and O–H groups in total. The van der Waals surface area contributed by atoms with Gasteiger partial charge in [-0.2, -0.15) is 13.2 Å². The van der Waals surface area contributed by atoms with Crippen LogP contribution in [0.15, 0.2) is 22.7 Å². The molecule has 2 rings (SSSR count). The van der Waals surface area contributed by atoms with Crippen molar-refractivity contribution in [3.05, 3.63) is 33.3 Å². The zero-order valence-electron chi connectivity index (χ0n) is 15.5. The van der Waals surface area contributed by atoms with Crippen LogP contribution in [0.4, 0.5) is 13.2 Å². The summed E-state index contributed by atoms with van der Waals surface area (Å²) in [5.74, 6) is -3.34. The molecule has 0 radical (unpaired) electrons. The largest absolute Gasteiger partial charge is 0.480 e. The fourth-order valence-electron chi connectivity index (χ4n) is 2.69. The molecule has 0 saturated heterocycles. The number of carbonyl (C=O) groups excluding carboxylic acids is 1. The molecule has 2 atom stereocenters. The number of aliphatic imine (C=N–C) groups is 1. The van der Waals surface area contributed by atoms with Gasteiger partial charge in [-0.15, -0.1) is 0 Å². The van der Waals surface area contributed by atoms with Gasteiger partial charge in [0.2, 0.25) is 12.1 Å². The minimum atomic E-state index is -4.98. The summed E-state index contributed by atoms with van der Waals surface area (Å²) in [7, 11) is 0. The zero-order chi connectivity index (χ0) is 23.3. The number of aliphatic carboxylic acids is 1. The Morgan fingerprint density at radius 1 is 1.32 bits per heavy atom. The normalized spacial score (nSPS) is 17.2. The van der Waals surface area contributed by atoms with Crippen molar-refractivity contribution in [3.8, 4) is 5.75 Å². The van der Waals surface area contributed by atoms with E-state index in [1.165, 1.54) is 12.1 Å². The van der Waals surface area contributed by atoms with Crippen LogP contribution in [0.5, 0.6) is 5.75 Å². The van der Waals surface area contributed by atoms with E-state index >= 15 is 0 Å². The molecule has 0 saturated carbocycles. The molecule has 1 heterocycles. The summed E-state index contributed by atoms with van der Waals surface area (Å²) in [6.45, 7) is 0.000398. The highest BCUT2D eigenvalue weighted by molar-refractivity contribution is 6.36. The van der Waals surface area contributed by atoms with Crippen LogP contribution >= 0.6 is 23.2 Å². The molecule has 1 aromatic carbocycles. The van der Waals surface area contributed by atoms with E-state index in [9.17, 15) is 27.9 Å². The van der Waals surface area contributed by atoms with Gasteiger partial charge in [-0.1, -0.05) is 23.2 Å². The van der Waals surface area contributed by atoms with E-state index in [1.54, 1.807) is 5.48 Å². The zero-order valence-corrected chi connectivity index (χ0v) is 17.1. The number of carbonyl (C=O) groups is 2. The molecule has 170 valence electrons. The Morgan fingerprint density at radius 3 is 2.58 bits per heavy atom. The minimum Gasteiger partial charge on any atom is -0.480 e. The number of rotatable bonds is 7. The van der Waals surface area contributed by atoms with Crippen LogP contribution in [0.3, 0.4) is 0 Å². The van der Waals surface area contributed by atoms with E-state index < -0.39 is 35.8 Å². The van der Waals surface area contributed by atoms with Gasteiger partial charge < -0.3 is 20.9 Å². The monoisotopic (exact) mass is 484 g/mol. The lowest BCUT2D eigenvalue weighted by molar-refractivity contribution is -0.185. The predicted molar refractivity (Wildman–Crippen MR) is 105 cm³/mol. The number of benzene rings is 1. The second-order valence-corrected chi connectivity index (χ2v) is 7.17. The van der Waals surface area contributed by atoms with Crippen molar-refractivity contribution in [1.29, 1.82) is 0 Å².